The van der Waals surface area contributed by atoms with E-state index in [4.69, 9.17) is 14.2 Å². The molecule has 176 valence electrons. The Morgan fingerprint density at radius 1 is 0.971 bits per heavy atom. The third-order valence-corrected chi connectivity index (χ3v) is 5.30. The highest BCUT2D eigenvalue weighted by Gasteiger charge is 2.25. The van der Waals surface area contributed by atoms with Crippen molar-refractivity contribution in [2.24, 2.45) is 0 Å². The summed E-state index contributed by atoms with van der Waals surface area (Å²) in [5.74, 6) is 1.42. The maximum Gasteiger partial charge on any atom is 0.203 e. The molecule has 0 saturated carbocycles. The van der Waals surface area contributed by atoms with Gasteiger partial charge in [-0.3, -0.25) is 0 Å². The number of halogens is 1. The van der Waals surface area contributed by atoms with Gasteiger partial charge in [0.1, 0.15) is 17.6 Å². The third kappa shape index (κ3) is 4.56. The van der Waals surface area contributed by atoms with Crippen molar-refractivity contribution in [3.05, 3.63) is 83.4 Å². The van der Waals surface area contributed by atoms with Crippen LogP contribution in [0.2, 0.25) is 0 Å². The van der Waals surface area contributed by atoms with Crippen LogP contribution in [0.3, 0.4) is 0 Å². The summed E-state index contributed by atoms with van der Waals surface area (Å²) in [7, 11) is 4.61. The fraction of sp³-hybridized carbons (Fsp3) is 0.208. The van der Waals surface area contributed by atoms with E-state index in [0.717, 1.165) is 5.56 Å². The third-order valence-electron chi connectivity index (χ3n) is 5.30. The van der Waals surface area contributed by atoms with E-state index in [2.05, 4.69) is 20.8 Å². The predicted molar refractivity (Wildman–Crippen MR) is 123 cm³/mol. The molecule has 1 unspecified atom stereocenters. The van der Waals surface area contributed by atoms with Gasteiger partial charge in [-0.25, -0.2) is 9.07 Å². The number of nitrogens with one attached hydrogen (secondary N) is 1. The molecule has 1 atom stereocenters. The molecule has 3 aromatic carbocycles. The smallest absolute Gasteiger partial charge is 0.203 e. The number of rotatable bonds is 9. The van der Waals surface area contributed by atoms with Crippen LogP contribution in [0.5, 0.6) is 23.0 Å². The number of aromatic nitrogens is 4. The summed E-state index contributed by atoms with van der Waals surface area (Å²) in [4.78, 5) is 0. The first-order valence-corrected chi connectivity index (χ1v) is 10.4. The molecule has 0 bridgehead atoms. The van der Waals surface area contributed by atoms with Crippen molar-refractivity contribution in [2.45, 2.75) is 12.6 Å². The number of benzene rings is 3. The molecule has 0 fully saturated rings. The van der Waals surface area contributed by atoms with Crippen LogP contribution in [-0.2, 0) is 6.54 Å². The Hall–Kier alpha value is -4.34. The molecule has 2 N–H and O–H groups in total. The van der Waals surface area contributed by atoms with Crippen LogP contribution in [0.1, 0.15) is 23.0 Å². The standard InChI is InChI=1S/C24H24FN5O4/c1-32-20-12-15(13-21(33-2)23(20)34-3)14-30-24(27-28-29-30)22(16-8-4-7-11-19(16)31)26-18-10-6-5-9-17(18)25/h4-13,22,26,31H,14H2,1-3H3. The van der Waals surface area contributed by atoms with Crippen molar-refractivity contribution >= 4 is 5.69 Å². The highest BCUT2D eigenvalue weighted by molar-refractivity contribution is 5.54. The molecule has 0 saturated heterocycles. The summed E-state index contributed by atoms with van der Waals surface area (Å²) in [6, 6.07) is 15.9. The molecule has 0 radical (unpaired) electrons. The van der Waals surface area contributed by atoms with Crippen LogP contribution in [0.15, 0.2) is 60.7 Å². The van der Waals surface area contributed by atoms with Gasteiger partial charge < -0.3 is 24.6 Å². The van der Waals surface area contributed by atoms with Crippen molar-refractivity contribution in [2.75, 3.05) is 26.6 Å². The minimum absolute atomic E-state index is 0.0266. The van der Waals surface area contributed by atoms with E-state index in [1.807, 2.05) is 0 Å². The fourth-order valence-corrected chi connectivity index (χ4v) is 3.68. The lowest BCUT2D eigenvalue weighted by molar-refractivity contribution is 0.323. The number of hydrogen-bond acceptors (Lipinski definition) is 8. The molecule has 1 aromatic heterocycles. The minimum atomic E-state index is -0.741. The lowest BCUT2D eigenvalue weighted by Gasteiger charge is -2.21. The molecule has 0 aliphatic heterocycles. The van der Waals surface area contributed by atoms with Gasteiger partial charge in [-0.2, -0.15) is 0 Å². The number of phenolic OH excluding ortho intramolecular Hbond substituents is 1. The molecule has 34 heavy (non-hydrogen) atoms. The van der Waals surface area contributed by atoms with Gasteiger partial charge in [0.15, 0.2) is 17.3 Å². The van der Waals surface area contributed by atoms with Crippen molar-refractivity contribution in [3.8, 4) is 23.0 Å². The van der Waals surface area contributed by atoms with Crippen LogP contribution in [0.4, 0.5) is 10.1 Å². The summed E-state index contributed by atoms with van der Waals surface area (Å²) < 4.78 is 32.3. The number of ether oxygens (including phenoxy) is 3. The Bertz CT molecular complexity index is 1250. The zero-order valence-corrected chi connectivity index (χ0v) is 18.9. The number of phenols is 1. The van der Waals surface area contributed by atoms with Crippen molar-refractivity contribution in [1.29, 1.82) is 0 Å². The molecule has 0 spiro atoms. The zero-order chi connectivity index (χ0) is 24.1. The first kappa shape index (κ1) is 22.8. The van der Waals surface area contributed by atoms with E-state index < -0.39 is 11.9 Å². The van der Waals surface area contributed by atoms with Gasteiger partial charge in [-0.1, -0.05) is 30.3 Å². The molecule has 0 amide bonds. The lowest BCUT2D eigenvalue weighted by Crippen LogP contribution is -2.20. The quantitative estimate of drug-likeness (QED) is 0.385. The Kier molecular flexibility index (Phi) is 6.77. The van der Waals surface area contributed by atoms with Crippen LogP contribution >= 0.6 is 0 Å². The highest BCUT2D eigenvalue weighted by atomic mass is 19.1. The fourth-order valence-electron chi connectivity index (χ4n) is 3.68. The Morgan fingerprint density at radius 3 is 2.29 bits per heavy atom. The van der Waals surface area contributed by atoms with Crippen molar-refractivity contribution < 1.29 is 23.7 Å². The highest BCUT2D eigenvalue weighted by Crippen LogP contribution is 2.39. The average Bonchev–Trinajstić information content (AvgIpc) is 3.31. The van der Waals surface area contributed by atoms with Gasteiger partial charge >= 0.3 is 0 Å². The second kappa shape index (κ2) is 10.1. The maximum atomic E-state index is 14.5. The number of tetrazole rings is 1. The van der Waals surface area contributed by atoms with Crippen LogP contribution in [0.25, 0.3) is 0 Å². The van der Waals surface area contributed by atoms with E-state index >= 15 is 0 Å². The number of methoxy groups -OCH3 is 3. The van der Waals surface area contributed by atoms with E-state index in [1.54, 1.807) is 59.3 Å². The van der Waals surface area contributed by atoms with Crippen molar-refractivity contribution in [3.63, 3.8) is 0 Å². The van der Waals surface area contributed by atoms with Crippen LogP contribution in [0, 0.1) is 5.82 Å². The Balaban J connectivity index is 1.76. The molecule has 1 heterocycles. The van der Waals surface area contributed by atoms with Crippen LogP contribution < -0.4 is 19.5 Å². The van der Waals surface area contributed by atoms with E-state index in [1.165, 1.54) is 27.4 Å². The molecular weight excluding hydrogens is 441 g/mol. The SMILES string of the molecule is COc1cc(Cn2nnnc2C(Nc2ccccc2F)c2ccccc2O)cc(OC)c1OC. The first-order valence-electron chi connectivity index (χ1n) is 10.4. The maximum absolute atomic E-state index is 14.5. The van der Waals surface area contributed by atoms with E-state index in [9.17, 15) is 9.50 Å². The van der Waals surface area contributed by atoms with Gasteiger partial charge in [-0.15, -0.1) is 5.10 Å². The van der Waals surface area contributed by atoms with Gasteiger partial charge in [0.25, 0.3) is 0 Å². The molecule has 0 aliphatic rings. The summed E-state index contributed by atoms with van der Waals surface area (Å²) in [5.41, 5.74) is 1.52. The molecule has 4 aromatic rings. The topological polar surface area (TPSA) is 104 Å². The molecule has 0 aliphatic carbocycles. The van der Waals surface area contributed by atoms with Gasteiger partial charge in [0.2, 0.25) is 5.75 Å². The zero-order valence-electron chi connectivity index (χ0n) is 18.9. The monoisotopic (exact) mass is 465 g/mol. The number of anilines is 1. The largest absolute Gasteiger partial charge is 0.508 e. The number of para-hydroxylation sites is 2. The van der Waals surface area contributed by atoms with Gasteiger partial charge in [0, 0.05) is 5.56 Å². The Labute approximate surface area is 195 Å². The predicted octanol–water partition coefficient (Wildman–Crippen LogP) is 3.79. The second-order valence-corrected chi connectivity index (χ2v) is 7.34. The number of nitrogens with zero attached hydrogens (tertiary/aromatic N) is 4. The average molecular weight is 465 g/mol. The Morgan fingerprint density at radius 2 is 1.65 bits per heavy atom. The minimum Gasteiger partial charge on any atom is -0.508 e. The van der Waals surface area contributed by atoms with Gasteiger partial charge in [-0.05, 0) is 46.3 Å². The van der Waals surface area contributed by atoms with Crippen molar-refractivity contribution in [1.82, 2.24) is 20.2 Å². The number of aromatic hydroxyl groups is 1. The molecule has 4 rings (SSSR count). The van der Waals surface area contributed by atoms with Crippen LogP contribution in [-0.4, -0.2) is 46.6 Å². The van der Waals surface area contributed by atoms with E-state index in [0.29, 0.717) is 28.6 Å². The summed E-state index contributed by atoms with van der Waals surface area (Å²) in [6.45, 7) is 0.252. The van der Waals surface area contributed by atoms with Gasteiger partial charge in [0.05, 0.1) is 33.6 Å². The van der Waals surface area contributed by atoms with E-state index in [-0.39, 0.29) is 18.0 Å². The lowest BCUT2D eigenvalue weighted by atomic mass is 10.0. The molecule has 9 nitrogen and oxygen atoms in total. The summed E-state index contributed by atoms with van der Waals surface area (Å²) in [5, 5.41) is 25.8. The molecular formula is C24H24FN5O4. The number of hydrogen-bond donors (Lipinski definition) is 2. The summed E-state index contributed by atoms with van der Waals surface area (Å²) >= 11 is 0. The molecule has 10 heteroatoms. The summed E-state index contributed by atoms with van der Waals surface area (Å²) in [6.07, 6.45) is 0. The normalized spacial score (nSPS) is 11.6. The second-order valence-electron chi connectivity index (χ2n) is 7.34. The first-order chi connectivity index (χ1) is 16.5.